The van der Waals surface area contributed by atoms with Gasteiger partial charge in [0, 0.05) is 17.7 Å². The molecule has 1 heterocycles. The first kappa shape index (κ1) is 14.0. The van der Waals surface area contributed by atoms with Crippen LogP contribution < -0.4 is 10.1 Å². The molecule has 0 radical (unpaired) electrons. The van der Waals surface area contributed by atoms with Crippen molar-refractivity contribution in [3.63, 3.8) is 0 Å². The average Bonchev–Trinajstić information content (AvgIpc) is 2.80. The molecule has 1 aliphatic rings. The molecule has 2 atom stereocenters. The van der Waals surface area contributed by atoms with Crippen LogP contribution in [-0.2, 0) is 0 Å². The van der Waals surface area contributed by atoms with Gasteiger partial charge in [-0.15, -0.1) is 0 Å². The highest BCUT2D eigenvalue weighted by atomic mass is 16.5. The lowest BCUT2D eigenvalue weighted by Crippen LogP contribution is -2.26. The molecule has 0 fully saturated rings. The fraction of sp³-hybridized carbons (Fsp3) is 0.333. The van der Waals surface area contributed by atoms with Crippen LogP contribution in [0.4, 0.5) is 0 Å². The SMILES string of the molecule is Cc1ccc(C(C)NC2COc3cc(O)ccc32)c(C)c1. The molecule has 0 aliphatic carbocycles. The normalized spacial score (nSPS) is 18.1. The van der Waals surface area contributed by atoms with E-state index in [1.165, 1.54) is 16.7 Å². The third-order valence-electron chi connectivity index (χ3n) is 4.12. The molecule has 3 heteroatoms. The predicted octanol–water partition coefficient (Wildman–Crippen LogP) is 3.79. The van der Waals surface area contributed by atoms with E-state index in [1.54, 1.807) is 12.1 Å². The van der Waals surface area contributed by atoms with E-state index >= 15 is 0 Å². The number of phenolic OH excluding ortho intramolecular Hbond substituents is 1. The second-order valence-corrected chi connectivity index (χ2v) is 5.83. The Morgan fingerprint density at radius 2 is 2.00 bits per heavy atom. The Labute approximate surface area is 125 Å². The number of benzene rings is 2. The smallest absolute Gasteiger partial charge is 0.127 e. The van der Waals surface area contributed by atoms with Gasteiger partial charge in [0.05, 0.1) is 6.04 Å². The Morgan fingerprint density at radius 3 is 2.76 bits per heavy atom. The second-order valence-electron chi connectivity index (χ2n) is 5.83. The lowest BCUT2D eigenvalue weighted by atomic mass is 9.99. The van der Waals surface area contributed by atoms with Crippen LogP contribution in [0.2, 0.25) is 0 Å². The Morgan fingerprint density at radius 1 is 1.19 bits per heavy atom. The summed E-state index contributed by atoms with van der Waals surface area (Å²) in [5.74, 6) is 1.03. The highest BCUT2D eigenvalue weighted by Crippen LogP contribution is 2.36. The molecule has 0 saturated heterocycles. The summed E-state index contributed by atoms with van der Waals surface area (Å²) in [6.45, 7) is 7.05. The molecule has 2 N–H and O–H groups in total. The molecule has 0 saturated carbocycles. The summed E-state index contributed by atoms with van der Waals surface area (Å²) in [7, 11) is 0. The lowest BCUT2D eigenvalue weighted by molar-refractivity contribution is 0.300. The first-order chi connectivity index (χ1) is 10.0. The average molecular weight is 283 g/mol. The van der Waals surface area contributed by atoms with Crippen LogP contribution in [0.15, 0.2) is 36.4 Å². The number of phenols is 1. The van der Waals surface area contributed by atoms with E-state index in [1.807, 2.05) is 6.07 Å². The third-order valence-corrected chi connectivity index (χ3v) is 4.12. The summed E-state index contributed by atoms with van der Waals surface area (Å²) >= 11 is 0. The van der Waals surface area contributed by atoms with Gasteiger partial charge in [0.2, 0.25) is 0 Å². The third kappa shape index (κ3) is 2.74. The van der Waals surface area contributed by atoms with E-state index in [9.17, 15) is 5.11 Å². The van der Waals surface area contributed by atoms with Gasteiger partial charge in [-0.25, -0.2) is 0 Å². The molecule has 0 amide bonds. The van der Waals surface area contributed by atoms with Gasteiger partial charge >= 0.3 is 0 Å². The largest absolute Gasteiger partial charge is 0.508 e. The van der Waals surface area contributed by atoms with E-state index in [4.69, 9.17) is 4.74 Å². The number of fused-ring (bicyclic) bond motifs is 1. The standard InChI is InChI=1S/C18H21NO2/c1-11-4-6-15(12(2)8-11)13(3)19-17-10-21-18-9-14(20)5-7-16(17)18/h4-9,13,17,19-20H,10H2,1-3H3. The van der Waals surface area contributed by atoms with Gasteiger partial charge in [-0.2, -0.15) is 0 Å². The second kappa shape index (κ2) is 5.41. The first-order valence-corrected chi connectivity index (χ1v) is 7.33. The summed E-state index contributed by atoms with van der Waals surface area (Å²) < 4.78 is 5.66. The molecule has 3 nitrogen and oxygen atoms in total. The highest BCUT2D eigenvalue weighted by molar-refractivity contribution is 5.44. The van der Waals surface area contributed by atoms with Crippen molar-refractivity contribution >= 4 is 0 Å². The minimum atomic E-state index is 0.163. The van der Waals surface area contributed by atoms with Crippen LogP contribution in [0.5, 0.6) is 11.5 Å². The van der Waals surface area contributed by atoms with E-state index in [0.29, 0.717) is 6.61 Å². The van der Waals surface area contributed by atoms with Crippen LogP contribution in [0, 0.1) is 13.8 Å². The molecule has 21 heavy (non-hydrogen) atoms. The Kier molecular flexibility index (Phi) is 3.60. The maximum Gasteiger partial charge on any atom is 0.127 e. The van der Waals surface area contributed by atoms with Gasteiger partial charge in [-0.1, -0.05) is 23.8 Å². The molecular formula is C18H21NO2. The van der Waals surface area contributed by atoms with E-state index in [2.05, 4.69) is 44.3 Å². The number of hydrogen-bond acceptors (Lipinski definition) is 3. The summed E-state index contributed by atoms with van der Waals surface area (Å²) in [6.07, 6.45) is 0. The molecule has 2 aromatic rings. The number of aromatic hydroxyl groups is 1. The van der Waals surface area contributed by atoms with Gasteiger partial charge in [-0.05, 0) is 44.0 Å². The zero-order valence-corrected chi connectivity index (χ0v) is 12.7. The molecule has 110 valence electrons. The Balaban J connectivity index is 1.79. The molecule has 2 aromatic carbocycles. The van der Waals surface area contributed by atoms with Crippen molar-refractivity contribution in [3.05, 3.63) is 58.7 Å². The van der Waals surface area contributed by atoms with Gasteiger partial charge in [0.1, 0.15) is 18.1 Å². The topological polar surface area (TPSA) is 41.5 Å². The minimum Gasteiger partial charge on any atom is -0.508 e. The van der Waals surface area contributed by atoms with Crippen LogP contribution in [0.3, 0.4) is 0 Å². The van der Waals surface area contributed by atoms with Crippen molar-refractivity contribution in [1.82, 2.24) is 5.32 Å². The monoisotopic (exact) mass is 283 g/mol. The van der Waals surface area contributed by atoms with Crippen molar-refractivity contribution in [2.45, 2.75) is 32.9 Å². The van der Waals surface area contributed by atoms with Gasteiger partial charge in [-0.3, -0.25) is 0 Å². The number of ether oxygens (including phenoxy) is 1. The minimum absolute atomic E-state index is 0.163. The van der Waals surface area contributed by atoms with Gasteiger partial charge in [0.15, 0.2) is 0 Å². The summed E-state index contributed by atoms with van der Waals surface area (Å²) in [5, 5.41) is 13.1. The molecule has 0 spiro atoms. The molecule has 1 aliphatic heterocycles. The van der Waals surface area contributed by atoms with E-state index in [-0.39, 0.29) is 17.8 Å². The number of rotatable bonds is 3. The number of nitrogens with one attached hydrogen (secondary N) is 1. The van der Waals surface area contributed by atoms with Gasteiger partial charge < -0.3 is 15.2 Å². The van der Waals surface area contributed by atoms with E-state index in [0.717, 1.165) is 11.3 Å². The molecule has 2 unspecified atom stereocenters. The molecular weight excluding hydrogens is 262 g/mol. The molecule has 0 aromatic heterocycles. The van der Waals surface area contributed by atoms with Crippen LogP contribution in [0.25, 0.3) is 0 Å². The summed E-state index contributed by atoms with van der Waals surface area (Å²) in [6, 6.07) is 12.3. The van der Waals surface area contributed by atoms with Crippen molar-refractivity contribution in [2.75, 3.05) is 6.61 Å². The van der Waals surface area contributed by atoms with Crippen molar-refractivity contribution in [3.8, 4) is 11.5 Å². The van der Waals surface area contributed by atoms with Crippen LogP contribution >= 0.6 is 0 Å². The fourth-order valence-electron chi connectivity index (χ4n) is 3.04. The first-order valence-electron chi connectivity index (χ1n) is 7.33. The van der Waals surface area contributed by atoms with Crippen molar-refractivity contribution in [1.29, 1.82) is 0 Å². The van der Waals surface area contributed by atoms with Crippen molar-refractivity contribution in [2.24, 2.45) is 0 Å². The van der Waals surface area contributed by atoms with Crippen LogP contribution in [-0.4, -0.2) is 11.7 Å². The van der Waals surface area contributed by atoms with Crippen LogP contribution in [0.1, 0.15) is 41.3 Å². The molecule has 0 bridgehead atoms. The van der Waals surface area contributed by atoms with E-state index < -0.39 is 0 Å². The highest BCUT2D eigenvalue weighted by Gasteiger charge is 2.26. The number of hydrogen-bond donors (Lipinski definition) is 2. The lowest BCUT2D eigenvalue weighted by Gasteiger charge is -2.21. The van der Waals surface area contributed by atoms with Crippen molar-refractivity contribution < 1.29 is 9.84 Å². The zero-order valence-electron chi connectivity index (χ0n) is 12.7. The Hall–Kier alpha value is -2.00. The summed E-state index contributed by atoms with van der Waals surface area (Å²) in [5.41, 5.74) is 5.02. The maximum absolute atomic E-state index is 9.50. The maximum atomic E-state index is 9.50. The fourth-order valence-corrected chi connectivity index (χ4v) is 3.04. The van der Waals surface area contributed by atoms with Gasteiger partial charge in [0.25, 0.3) is 0 Å². The summed E-state index contributed by atoms with van der Waals surface area (Å²) in [4.78, 5) is 0. The number of aryl methyl sites for hydroxylation is 2. The zero-order chi connectivity index (χ0) is 15.0. The Bertz CT molecular complexity index is 666. The predicted molar refractivity (Wildman–Crippen MR) is 83.8 cm³/mol. The quantitative estimate of drug-likeness (QED) is 0.900. The molecule has 3 rings (SSSR count).